The smallest absolute Gasteiger partial charge is 0.306 e. The maximum atomic E-state index is 12.3. The van der Waals surface area contributed by atoms with E-state index in [1.807, 2.05) is 6.92 Å². The second-order valence-electron chi connectivity index (χ2n) is 5.18. The van der Waals surface area contributed by atoms with Gasteiger partial charge in [-0.1, -0.05) is 6.92 Å². The number of hydrogen-bond donors (Lipinski definition) is 2. The number of aromatic nitrogens is 4. The Morgan fingerprint density at radius 1 is 1.42 bits per heavy atom. The van der Waals surface area contributed by atoms with Gasteiger partial charge in [0.25, 0.3) is 5.91 Å². The minimum Gasteiger partial charge on any atom is -0.364 e. The number of nitro groups is 1. The van der Waals surface area contributed by atoms with Crippen molar-refractivity contribution in [2.75, 3.05) is 5.32 Å². The average molecular weight is 335 g/mol. The molecular weight excluding hydrogens is 318 g/mol. The van der Waals surface area contributed by atoms with E-state index in [9.17, 15) is 19.7 Å². The third kappa shape index (κ3) is 3.74. The molecule has 0 aromatic carbocycles. The molecule has 0 aliphatic heterocycles. The van der Waals surface area contributed by atoms with Crippen molar-refractivity contribution >= 4 is 23.2 Å². The molecule has 0 fully saturated rings. The van der Waals surface area contributed by atoms with Crippen molar-refractivity contribution in [3.8, 4) is 0 Å². The number of anilines is 1. The van der Waals surface area contributed by atoms with Crippen molar-refractivity contribution in [1.82, 2.24) is 19.6 Å². The molecule has 0 bridgehead atoms. The lowest BCUT2D eigenvalue weighted by Gasteiger charge is -2.11. The highest BCUT2D eigenvalue weighted by Crippen LogP contribution is 2.16. The first-order valence-corrected chi connectivity index (χ1v) is 7.16. The van der Waals surface area contributed by atoms with Crippen molar-refractivity contribution in [2.45, 2.75) is 26.9 Å². The van der Waals surface area contributed by atoms with E-state index in [0.717, 1.165) is 6.20 Å². The molecule has 2 rings (SSSR count). The van der Waals surface area contributed by atoms with E-state index in [1.165, 1.54) is 21.8 Å². The first kappa shape index (κ1) is 17.1. The topological polar surface area (TPSA) is 151 Å². The zero-order chi connectivity index (χ0) is 17.9. The van der Waals surface area contributed by atoms with Crippen LogP contribution in [0.25, 0.3) is 0 Å². The molecule has 0 spiro atoms. The fourth-order valence-corrected chi connectivity index (χ4v) is 2.02. The third-order valence-electron chi connectivity index (χ3n) is 3.32. The van der Waals surface area contributed by atoms with Gasteiger partial charge in [-0.15, -0.1) is 0 Å². The molecule has 2 aromatic heterocycles. The van der Waals surface area contributed by atoms with Crippen LogP contribution in [0, 0.1) is 16.0 Å². The summed E-state index contributed by atoms with van der Waals surface area (Å²) in [5.41, 5.74) is 5.30. The molecule has 128 valence electrons. The van der Waals surface area contributed by atoms with Crippen LogP contribution in [-0.2, 0) is 17.9 Å². The average Bonchev–Trinajstić information content (AvgIpc) is 3.13. The number of nitrogens with zero attached hydrogens (tertiary/aromatic N) is 5. The number of amides is 2. The van der Waals surface area contributed by atoms with Crippen molar-refractivity contribution in [2.24, 2.45) is 11.7 Å². The van der Waals surface area contributed by atoms with E-state index in [1.54, 1.807) is 6.92 Å². The lowest BCUT2D eigenvalue weighted by atomic mass is 10.1. The predicted molar refractivity (Wildman–Crippen MR) is 83.1 cm³/mol. The Bertz CT molecular complexity index is 779. The molecule has 1 atom stereocenters. The first-order valence-electron chi connectivity index (χ1n) is 7.16. The van der Waals surface area contributed by atoms with Crippen LogP contribution in [0.5, 0.6) is 0 Å². The quantitative estimate of drug-likeness (QED) is 0.551. The second kappa shape index (κ2) is 6.89. The highest BCUT2D eigenvalue weighted by molar-refractivity contribution is 6.01. The van der Waals surface area contributed by atoms with Crippen molar-refractivity contribution in [3.05, 3.63) is 34.4 Å². The number of rotatable bonds is 7. The predicted octanol–water partition coefficient (Wildman–Crippen LogP) is 0.381. The van der Waals surface area contributed by atoms with E-state index in [0.29, 0.717) is 6.54 Å². The Balaban J connectivity index is 2.07. The SMILES string of the molecule is CCn1cc(NC(=O)C(C)Cn2cc([N+](=O)[O-])cn2)c(C(N)=O)n1. The standard InChI is InChI=1S/C13H17N7O4/c1-3-18-7-10(11(17-18)12(14)21)16-13(22)8(2)5-19-6-9(4-15-19)20(23)24/h4,6-8H,3,5H2,1-2H3,(H2,14,21)(H,16,22). The third-order valence-corrected chi connectivity index (χ3v) is 3.32. The van der Waals surface area contributed by atoms with Crippen molar-refractivity contribution in [1.29, 1.82) is 0 Å². The zero-order valence-corrected chi connectivity index (χ0v) is 13.2. The van der Waals surface area contributed by atoms with E-state index in [-0.39, 0.29) is 29.5 Å². The minimum atomic E-state index is -0.743. The Kier molecular flexibility index (Phi) is 4.92. The van der Waals surface area contributed by atoms with Crippen molar-refractivity contribution in [3.63, 3.8) is 0 Å². The molecule has 1 unspecified atom stereocenters. The maximum absolute atomic E-state index is 12.3. The summed E-state index contributed by atoms with van der Waals surface area (Å²) in [6, 6.07) is 0. The second-order valence-corrected chi connectivity index (χ2v) is 5.18. The highest BCUT2D eigenvalue weighted by Gasteiger charge is 2.20. The normalized spacial score (nSPS) is 11.9. The van der Waals surface area contributed by atoms with Gasteiger partial charge in [0, 0.05) is 12.7 Å². The van der Waals surface area contributed by atoms with Gasteiger partial charge in [0.15, 0.2) is 5.69 Å². The van der Waals surface area contributed by atoms with Gasteiger partial charge in [-0.3, -0.25) is 29.1 Å². The van der Waals surface area contributed by atoms with Gasteiger partial charge in [0.1, 0.15) is 12.4 Å². The summed E-state index contributed by atoms with van der Waals surface area (Å²) in [4.78, 5) is 33.7. The molecule has 0 radical (unpaired) electrons. The van der Waals surface area contributed by atoms with E-state index in [4.69, 9.17) is 5.73 Å². The van der Waals surface area contributed by atoms with E-state index >= 15 is 0 Å². The van der Waals surface area contributed by atoms with Gasteiger partial charge >= 0.3 is 5.69 Å². The van der Waals surface area contributed by atoms with Crippen LogP contribution in [0.15, 0.2) is 18.6 Å². The lowest BCUT2D eigenvalue weighted by Crippen LogP contribution is -2.26. The van der Waals surface area contributed by atoms with Crippen LogP contribution >= 0.6 is 0 Å². The molecule has 2 heterocycles. The highest BCUT2D eigenvalue weighted by atomic mass is 16.6. The molecule has 11 nitrogen and oxygen atoms in total. The molecule has 0 aliphatic carbocycles. The number of nitrogens with one attached hydrogen (secondary N) is 1. The van der Waals surface area contributed by atoms with Crippen LogP contribution in [0.1, 0.15) is 24.3 Å². The Morgan fingerprint density at radius 3 is 2.67 bits per heavy atom. The Labute approximate surface area is 136 Å². The molecular formula is C13H17N7O4. The maximum Gasteiger partial charge on any atom is 0.306 e. The summed E-state index contributed by atoms with van der Waals surface area (Å²) in [5.74, 6) is -1.67. The number of nitrogens with two attached hydrogens (primary N) is 1. The molecule has 2 aromatic rings. The van der Waals surface area contributed by atoms with E-state index < -0.39 is 16.7 Å². The van der Waals surface area contributed by atoms with Gasteiger partial charge < -0.3 is 11.1 Å². The molecule has 3 N–H and O–H groups in total. The summed E-state index contributed by atoms with van der Waals surface area (Å²) in [5, 5.41) is 21.0. The fourth-order valence-electron chi connectivity index (χ4n) is 2.02. The van der Waals surface area contributed by atoms with Crippen LogP contribution in [0.2, 0.25) is 0 Å². The monoisotopic (exact) mass is 335 g/mol. The van der Waals surface area contributed by atoms with Gasteiger partial charge in [-0.2, -0.15) is 10.2 Å². The number of primary amides is 1. The molecule has 0 saturated carbocycles. The molecule has 0 saturated heterocycles. The number of aryl methyl sites for hydroxylation is 1. The summed E-state index contributed by atoms with van der Waals surface area (Å²) >= 11 is 0. The number of hydrogen-bond acceptors (Lipinski definition) is 6. The number of carbonyl (C=O) groups excluding carboxylic acids is 2. The van der Waals surface area contributed by atoms with Crippen LogP contribution < -0.4 is 11.1 Å². The molecule has 11 heteroatoms. The van der Waals surface area contributed by atoms with Gasteiger partial charge in [0.2, 0.25) is 5.91 Å². The van der Waals surface area contributed by atoms with Crippen LogP contribution in [0.4, 0.5) is 11.4 Å². The molecule has 24 heavy (non-hydrogen) atoms. The number of carbonyl (C=O) groups is 2. The van der Waals surface area contributed by atoms with Gasteiger partial charge in [-0.05, 0) is 6.92 Å². The fraction of sp³-hybridized carbons (Fsp3) is 0.385. The van der Waals surface area contributed by atoms with Crippen molar-refractivity contribution < 1.29 is 14.5 Å². The Morgan fingerprint density at radius 2 is 2.12 bits per heavy atom. The van der Waals surface area contributed by atoms with E-state index in [2.05, 4.69) is 15.5 Å². The summed E-state index contributed by atoms with van der Waals surface area (Å²) < 4.78 is 2.80. The lowest BCUT2D eigenvalue weighted by molar-refractivity contribution is -0.385. The molecule has 0 aliphatic rings. The van der Waals surface area contributed by atoms with Crippen LogP contribution in [0.3, 0.4) is 0 Å². The first-order chi connectivity index (χ1) is 11.3. The van der Waals surface area contributed by atoms with Gasteiger partial charge in [-0.25, -0.2) is 0 Å². The Hall–Kier alpha value is -3.24. The minimum absolute atomic E-state index is 0.0212. The summed E-state index contributed by atoms with van der Waals surface area (Å²) in [7, 11) is 0. The van der Waals surface area contributed by atoms with Crippen LogP contribution in [-0.4, -0.2) is 36.3 Å². The molecule has 2 amide bonds. The van der Waals surface area contributed by atoms with Gasteiger partial charge in [0.05, 0.1) is 23.1 Å². The summed E-state index contributed by atoms with van der Waals surface area (Å²) in [6.45, 7) is 4.13. The summed E-state index contributed by atoms with van der Waals surface area (Å²) in [6.07, 6.45) is 3.87. The largest absolute Gasteiger partial charge is 0.364 e. The zero-order valence-electron chi connectivity index (χ0n) is 13.2.